The highest BCUT2D eigenvalue weighted by Crippen LogP contribution is 2.16. The highest BCUT2D eigenvalue weighted by atomic mass is 16.6. The normalized spacial score (nSPS) is 17.8. The molecule has 0 radical (unpaired) electrons. The Morgan fingerprint density at radius 3 is 2.38 bits per heavy atom. The highest BCUT2D eigenvalue weighted by Gasteiger charge is 2.40. The molecule has 13 heavy (non-hydrogen) atoms. The maximum Gasteiger partial charge on any atom is 0.338 e. The predicted octanol–water partition coefficient (Wildman–Crippen LogP) is -1.20. The first-order chi connectivity index (χ1) is 5.98. The molecule has 0 bridgehead atoms. The van der Waals surface area contributed by atoms with Gasteiger partial charge in [0.15, 0.2) is 0 Å². The number of ether oxygens (including phenoxy) is 2. The van der Waals surface area contributed by atoms with E-state index >= 15 is 0 Å². The monoisotopic (exact) mass is 194 g/mol. The molecule has 6 heteroatoms. The third-order valence-corrected chi connectivity index (χ3v) is 1.68. The fourth-order valence-corrected chi connectivity index (χ4v) is 0.792. The lowest BCUT2D eigenvalue weighted by Crippen LogP contribution is -2.49. The first kappa shape index (κ1) is 12.3. The van der Waals surface area contributed by atoms with Crippen LogP contribution in [-0.4, -0.2) is 54.0 Å². The number of carbonyl (C=O) groups is 1. The average Bonchev–Trinajstić information content (AvgIpc) is 2.12. The molecule has 0 saturated heterocycles. The van der Waals surface area contributed by atoms with E-state index in [1.807, 2.05) is 0 Å². The van der Waals surface area contributed by atoms with Crippen molar-refractivity contribution < 1.29 is 29.6 Å². The Morgan fingerprint density at radius 1 is 1.54 bits per heavy atom. The molecule has 0 amide bonds. The molecule has 0 spiro atoms. The highest BCUT2D eigenvalue weighted by molar-refractivity contribution is 5.73. The molecular weight excluding hydrogens is 180 g/mol. The van der Waals surface area contributed by atoms with E-state index in [0.29, 0.717) is 0 Å². The number of hydrogen-bond donors (Lipinski definition) is 3. The lowest BCUT2D eigenvalue weighted by Gasteiger charge is -2.28. The Kier molecular flexibility index (Phi) is 4.86. The second-order valence-corrected chi connectivity index (χ2v) is 2.53. The zero-order valence-electron chi connectivity index (χ0n) is 7.56. The van der Waals surface area contributed by atoms with Gasteiger partial charge in [-0.05, 0) is 0 Å². The van der Waals surface area contributed by atoms with Gasteiger partial charge in [-0.3, -0.25) is 0 Å². The third-order valence-electron chi connectivity index (χ3n) is 1.68. The molecule has 0 aliphatic heterocycles. The molecule has 0 aliphatic carbocycles. The van der Waals surface area contributed by atoms with Gasteiger partial charge in [-0.25, -0.2) is 4.79 Å². The summed E-state index contributed by atoms with van der Waals surface area (Å²) in [5.74, 6) is -3.64. The number of rotatable bonds is 6. The Bertz CT molecular complexity index is 170. The van der Waals surface area contributed by atoms with Crippen molar-refractivity contribution in [1.82, 2.24) is 0 Å². The molecule has 0 aromatic carbocycles. The van der Waals surface area contributed by atoms with Crippen LogP contribution in [0, 0.1) is 0 Å². The van der Waals surface area contributed by atoms with Gasteiger partial charge in [0, 0.05) is 20.6 Å². The minimum atomic E-state index is -2.10. The molecule has 78 valence electrons. The summed E-state index contributed by atoms with van der Waals surface area (Å²) in [6, 6.07) is 0. The smallest absolute Gasteiger partial charge is 0.338 e. The Labute approximate surface area is 75.7 Å². The van der Waals surface area contributed by atoms with Gasteiger partial charge in [-0.1, -0.05) is 0 Å². The zero-order chi connectivity index (χ0) is 10.5. The molecule has 2 unspecified atom stereocenters. The van der Waals surface area contributed by atoms with Crippen LogP contribution < -0.4 is 0 Å². The number of aliphatic hydroxyl groups is 2. The van der Waals surface area contributed by atoms with E-state index in [9.17, 15) is 9.90 Å². The summed E-state index contributed by atoms with van der Waals surface area (Å²) < 4.78 is 9.13. The number of aliphatic hydroxyl groups excluding tert-OH is 1. The topological polar surface area (TPSA) is 96.2 Å². The van der Waals surface area contributed by atoms with Crippen molar-refractivity contribution in [3.8, 4) is 0 Å². The number of carboxylic acid groups (broad SMARTS) is 1. The Balaban J connectivity index is 4.33. The standard InChI is InChI=1S/C7H14O6/c1-12-4-3-7(11,13-2)5(8)6(9)10/h5,8,11H,3-4H2,1-2H3,(H,9,10). The summed E-state index contributed by atoms with van der Waals surface area (Å²) in [6.07, 6.45) is -2.10. The lowest BCUT2D eigenvalue weighted by molar-refractivity contribution is -0.251. The molecule has 0 aliphatic rings. The largest absolute Gasteiger partial charge is 0.479 e. The average molecular weight is 194 g/mol. The first-order valence-corrected chi connectivity index (χ1v) is 3.65. The van der Waals surface area contributed by atoms with Crippen molar-refractivity contribution in [3.05, 3.63) is 0 Å². The van der Waals surface area contributed by atoms with E-state index in [-0.39, 0.29) is 13.0 Å². The summed E-state index contributed by atoms with van der Waals surface area (Å²) in [5.41, 5.74) is 0. The van der Waals surface area contributed by atoms with Crippen LogP contribution in [0.3, 0.4) is 0 Å². The number of hydrogen-bond acceptors (Lipinski definition) is 5. The molecule has 0 aromatic rings. The van der Waals surface area contributed by atoms with Crippen LogP contribution in [0.15, 0.2) is 0 Å². The minimum Gasteiger partial charge on any atom is -0.479 e. The summed E-state index contributed by atoms with van der Waals surface area (Å²) >= 11 is 0. The van der Waals surface area contributed by atoms with Gasteiger partial charge in [0.1, 0.15) is 0 Å². The lowest BCUT2D eigenvalue weighted by atomic mass is 10.1. The van der Waals surface area contributed by atoms with Crippen LogP contribution in [0.1, 0.15) is 6.42 Å². The zero-order valence-corrected chi connectivity index (χ0v) is 7.56. The van der Waals surface area contributed by atoms with Gasteiger partial charge in [0.2, 0.25) is 11.9 Å². The van der Waals surface area contributed by atoms with Gasteiger partial charge in [-0.15, -0.1) is 0 Å². The molecular formula is C7H14O6. The van der Waals surface area contributed by atoms with Crippen LogP contribution in [0.25, 0.3) is 0 Å². The van der Waals surface area contributed by atoms with Crippen molar-refractivity contribution in [3.63, 3.8) is 0 Å². The van der Waals surface area contributed by atoms with Gasteiger partial charge in [0.25, 0.3) is 0 Å². The minimum absolute atomic E-state index is 0.0919. The van der Waals surface area contributed by atoms with Crippen LogP contribution >= 0.6 is 0 Å². The van der Waals surface area contributed by atoms with Gasteiger partial charge >= 0.3 is 5.97 Å². The van der Waals surface area contributed by atoms with E-state index < -0.39 is 17.9 Å². The molecule has 0 saturated carbocycles. The summed E-state index contributed by atoms with van der Waals surface area (Å²) in [5, 5.41) is 26.9. The van der Waals surface area contributed by atoms with Crippen molar-refractivity contribution in [2.24, 2.45) is 0 Å². The van der Waals surface area contributed by atoms with Crippen molar-refractivity contribution in [2.75, 3.05) is 20.8 Å². The Morgan fingerprint density at radius 2 is 2.08 bits per heavy atom. The maximum atomic E-state index is 10.3. The molecule has 3 N–H and O–H groups in total. The molecule has 0 heterocycles. The van der Waals surface area contributed by atoms with Crippen molar-refractivity contribution >= 4 is 5.97 Å². The van der Waals surface area contributed by atoms with Crippen LogP contribution in [0.2, 0.25) is 0 Å². The first-order valence-electron chi connectivity index (χ1n) is 3.65. The number of methoxy groups -OCH3 is 2. The van der Waals surface area contributed by atoms with E-state index in [1.165, 1.54) is 7.11 Å². The fourth-order valence-electron chi connectivity index (χ4n) is 0.792. The third kappa shape index (κ3) is 3.27. The second kappa shape index (κ2) is 5.13. The SMILES string of the molecule is COCCC(O)(OC)C(O)C(=O)O. The summed E-state index contributed by atoms with van der Waals surface area (Å²) in [4.78, 5) is 10.3. The van der Waals surface area contributed by atoms with E-state index in [1.54, 1.807) is 0 Å². The maximum absolute atomic E-state index is 10.3. The van der Waals surface area contributed by atoms with E-state index in [2.05, 4.69) is 9.47 Å². The summed E-state index contributed by atoms with van der Waals surface area (Å²) in [6.45, 7) is 0.0919. The molecule has 0 fully saturated rings. The van der Waals surface area contributed by atoms with Crippen LogP contribution in [0.4, 0.5) is 0 Å². The van der Waals surface area contributed by atoms with Gasteiger partial charge in [-0.2, -0.15) is 0 Å². The summed E-state index contributed by atoms with van der Waals surface area (Å²) in [7, 11) is 2.51. The quantitative estimate of drug-likeness (QED) is 0.460. The fraction of sp³-hybridized carbons (Fsp3) is 0.857. The van der Waals surface area contributed by atoms with Crippen LogP contribution in [0.5, 0.6) is 0 Å². The van der Waals surface area contributed by atoms with Gasteiger partial charge < -0.3 is 24.8 Å². The van der Waals surface area contributed by atoms with Crippen molar-refractivity contribution in [2.45, 2.75) is 18.3 Å². The van der Waals surface area contributed by atoms with E-state index in [0.717, 1.165) is 7.11 Å². The molecule has 2 atom stereocenters. The Hall–Kier alpha value is -0.690. The second-order valence-electron chi connectivity index (χ2n) is 2.53. The molecule has 6 nitrogen and oxygen atoms in total. The molecule has 0 aromatic heterocycles. The van der Waals surface area contributed by atoms with E-state index in [4.69, 9.17) is 10.2 Å². The number of carboxylic acids is 1. The van der Waals surface area contributed by atoms with Crippen LogP contribution in [-0.2, 0) is 14.3 Å². The molecule has 0 rings (SSSR count). The van der Waals surface area contributed by atoms with Gasteiger partial charge in [0.05, 0.1) is 6.61 Å². The number of aliphatic carboxylic acids is 1. The van der Waals surface area contributed by atoms with Crippen molar-refractivity contribution in [1.29, 1.82) is 0 Å². The predicted molar refractivity (Wildman–Crippen MR) is 42.1 cm³/mol.